The zero-order valence-corrected chi connectivity index (χ0v) is 15.9. The molecule has 2 heterocycles. The van der Waals surface area contributed by atoms with Crippen LogP contribution in [0.15, 0.2) is 70.6 Å². The van der Waals surface area contributed by atoms with Gasteiger partial charge in [-0.2, -0.15) is 0 Å². The summed E-state index contributed by atoms with van der Waals surface area (Å²) in [6.45, 7) is 1.73. The van der Waals surface area contributed by atoms with Crippen molar-refractivity contribution >= 4 is 26.6 Å². The molecule has 0 aliphatic carbocycles. The normalized spacial score (nSPS) is 15.2. The molecule has 0 spiro atoms. The Labute approximate surface area is 159 Å². The first kappa shape index (κ1) is 17.8. The number of likely N-dealkylation sites (tertiary alicyclic amines) is 1. The fourth-order valence-corrected chi connectivity index (χ4v) is 5.17. The smallest absolute Gasteiger partial charge is 0.242 e. The topological polar surface area (TPSA) is 59.4 Å². The van der Waals surface area contributed by atoms with Crippen LogP contribution in [-0.2, 0) is 21.2 Å². The quantitative estimate of drug-likeness (QED) is 0.694. The van der Waals surface area contributed by atoms with E-state index in [4.69, 9.17) is 0 Å². The van der Waals surface area contributed by atoms with Crippen LogP contribution in [0.5, 0.6) is 0 Å². The second kappa shape index (κ2) is 7.19. The number of benzene rings is 2. The third-order valence-corrected chi connectivity index (χ3v) is 6.91. The van der Waals surface area contributed by atoms with Gasteiger partial charge < -0.3 is 9.47 Å². The molecule has 4 rings (SSSR count). The lowest BCUT2D eigenvalue weighted by atomic mass is 10.1. The van der Waals surface area contributed by atoms with Crippen molar-refractivity contribution in [3.05, 3.63) is 60.8 Å². The second-order valence-electron chi connectivity index (χ2n) is 6.90. The van der Waals surface area contributed by atoms with E-state index in [1.807, 2.05) is 23.1 Å². The number of rotatable bonds is 4. The molecule has 1 aromatic heterocycles. The van der Waals surface area contributed by atoms with Gasteiger partial charge in [0.2, 0.25) is 15.7 Å². The van der Waals surface area contributed by atoms with E-state index in [0.29, 0.717) is 5.39 Å². The van der Waals surface area contributed by atoms with Crippen molar-refractivity contribution in [1.29, 1.82) is 0 Å². The number of amides is 1. The number of carbonyl (C=O) groups is 1. The Morgan fingerprint density at radius 1 is 0.889 bits per heavy atom. The van der Waals surface area contributed by atoms with Crippen LogP contribution >= 0.6 is 0 Å². The lowest BCUT2D eigenvalue weighted by molar-refractivity contribution is -0.132. The van der Waals surface area contributed by atoms with Gasteiger partial charge in [0, 0.05) is 30.2 Å². The first-order valence-corrected chi connectivity index (χ1v) is 10.7. The predicted molar refractivity (Wildman–Crippen MR) is 104 cm³/mol. The number of sulfone groups is 1. The highest BCUT2D eigenvalue weighted by molar-refractivity contribution is 7.91. The molecule has 0 radical (unpaired) electrons. The van der Waals surface area contributed by atoms with Crippen LogP contribution in [0.4, 0.5) is 0 Å². The van der Waals surface area contributed by atoms with Crippen LogP contribution in [0, 0.1) is 0 Å². The highest BCUT2D eigenvalue weighted by Crippen LogP contribution is 2.30. The van der Waals surface area contributed by atoms with E-state index in [-0.39, 0.29) is 22.2 Å². The number of carbonyl (C=O) groups excluding carboxylic acids is 1. The minimum Gasteiger partial charge on any atom is -0.341 e. The monoisotopic (exact) mass is 382 g/mol. The molecule has 1 fully saturated rings. The Balaban J connectivity index is 1.74. The summed E-state index contributed by atoms with van der Waals surface area (Å²) in [7, 11) is -3.65. The summed E-state index contributed by atoms with van der Waals surface area (Å²) in [4.78, 5) is 15.1. The van der Waals surface area contributed by atoms with Crippen molar-refractivity contribution in [2.24, 2.45) is 0 Å². The van der Waals surface area contributed by atoms with E-state index >= 15 is 0 Å². The maximum atomic E-state index is 13.1. The van der Waals surface area contributed by atoms with Crippen LogP contribution < -0.4 is 0 Å². The molecule has 0 bridgehead atoms. The zero-order chi connectivity index (χ0) is 18.9. The van der Waals surface area contributed by atoms with Crippen LogP contribution in [0.1, 0.15) is 19.3 Å². The molecule has 6 heteroatoms. The molecule has 5 nitrogen and oxygen atoms in total. The fraction of sp³-hybridized carbons (Fsp3) is 0.286. The lowest BCUT2D eigenvalue weighted by Gasteiger charge is -2.27. The highest BCUT2D eigenvalue weighted by atomic mass is 32.2. The summed E-state index contributed by atoms with van der Waals surface area (Å²) < 4.78 is 28.0. The van der Waals surface area contributed by atoms with Gasteiger partial charge in [-0.05, 0) is 37.5 Å². The van der Waals surface area contributed by atoms with E-state index in [1.54, 1.807) is 47.2 Å². The summed E-state index contributed by atoms with van der Waals surface area (Å²) in [5.74, 6) is 0.0408. The van der Waals surface area contributed by atoms with Gasteiger partial charge in [0.15, 0.2) is 0 Å². The molecule has 1 aliphatic rings. The van der Waals surface area contributed by atoms with Gasteiger partial charge in [-0.1, -0.05) is 36.4 Å². The lowest BCUT2D eigenvalue weighted by Crippen LogP contribution is -2.37. The number of piperidine rings is 1. The van der Waals surface area contributed by atoms with E-state index in [2.05, 4.69) is 0 Å². The average molecular weight is 382 g/mol. The van der Waals surface area contributed by atoms with Gasteiger partial charge in [-0.3, -0.25) is 4.79 Å². The molecular formula is C21H22N2O3S. The third-order valence-electron chi connectivity index (χ3n) is 5.11. The maximum absolute atomic E-state index is 13.1. The van der Waals surface area contributed by atoms with Crippen molar-refractivity contribution < 1.29 is 13.2 Å². The number of aromatic nitrogens is 1. The molecule has 3 aromatic rings. The standard InChI is InChI=1S/C21H22N2O3S/c24-21(22-13-7-2-8-14-22)16-23-15-20(18-11-5-6-12-19(18)23)27(25,26)17-9-3-1-4-10-17/h1,3-6,9-12,15H,2,7-8,13-14,16H2. The molecule has 1 amide bonds. The highest BCUT2D eigenvalue weighted by Gasteiger charge is 2.24. The summed E-state index contributed by atoms with van der Waals surface area (Å²) >= 11 is 0. The van der Waals surface area contributed by atoms with Crippen molar-refractivity contribution in [2.75, 3.05) is 13.1 Å². The fourth-order valence-electron chi connectivity index (χ4n) is 3.67. The largest absolute Gasteiger partial charge is 0.341 e. The van der Waals surface area contributed by atoms with E-state index in [1.165, 1.54) is 0 Å². The van der Waals surface area contributed by atoms with Crippen molar-refractivity contribution in [3.8, 4) is 0 Å². The molecule has 0 N–H and O–H groups in total. The number of para-hydroxylation sites is 1. The summed E-state index contributed by atoms with van der Waals surface area (Å²) in [6, 6.07) is 15.8. The molecule has 1 aliphatic heterocycles. The van der Waals surface area contributed by atoms with Gasteiger partial charge in [-0.15, -0.1) is 0 Å². The Morgan fingerprint density at radius 3 is 2.30 bits per heavy atom. The Kier molecular flexibility index (Phi) is 4.74. The minimum atomic E-state index is -3.65. The number of hydrogen-bond donors (Lipinski definition) is 0. The minimum absolute atomic E-state index is 0.0408. The third kappa shape index (κ3) is 3.37. The number of nitrogens with zero attached hydrogens (tertiary/aromatic N) is 2. The molecule has 1 saturated heterocycles. The van der Waals surface area contributed by atoms with Crippen LogP contribution in [-0.4, -0.2) is 36.9 Å². The summed E-state index contributed by atoms with van der Waals surface area (Å²) in [6.07, 6.45) is 4.84. The van der Waals surface area contributed by atoms with Crippen molar-refractivity contribution in [3.63, 3.8) is 0 Å². The molecule has 0 atom stereocenters. The predicted octanol–water partition coefficient (Wildman–Crippen LogP) is 3.49. The number of fused-ring (bicyclic) bond motifs is 1. The van der Waals surface area contributed by atoms with Gasteiger partial charge in [0.05, 0.1) is 9.79 Å². The molecule has 27 heavy (non-hydrogen) atoms. The maximum Gasteiger partial charge on any atom is 0.242 e. The van der Waals surface area contributed by atoms with Crippen LogP contribution in [0.3, 0.4) is 0 Å². The SMILES string of the molecule is O=C(Cn1cc(S(=O)(=O)c2ccccc2)c2ccccc21)N1CCCCC1. The molecule has 0 saturated carbocycles. The summed E-state index contributed by atoms with van der Waals surface area (Å²) in [5.41, 5.74) is 0.761. The number of hydrogen-bond acceptors (Lipinski definition) is 3. The molecule has 140 valence electrons. The van der Waals surface area contributed by atoms with E-state index in [9.17, 15) is 13.2 Å². The summed E-state index contributed by atoms with van der Waals surface area (Å²) in [5, 5.41) is 0.646. The van der Waals surface area contributed by atoms with Gasteiger partial charge in [0.25, 0.3) is 0 Å². The van der Waals surface area contributed by atoms with E-state index < -0.39 is 9.84 Å². The first-order valence-electron chi connectivity index (χ1n) is 9.23. The first-order chi connectivity index (χ1) is 13.1. The molecule has 0 unspecified atom stereocenters. The van der Waals surface area contributed by atoms with Gasteiger partial charge in [0.1, 0.15) is 6.54 Å². The average Bonchev–Trinajstić information content (AvgIpc) is 3.09. The van der Waals surface area contributed by atoms with E-state index in [0.717, 1.165) is 37.9 Å². The van der Waals surface area contributed by atoms with Crippen molar-refractivity contribution in [2.45, 2.75) is 35.6 Å². The Morgan fingerprint density at radius 2 is 1.56 bits per heavy atom. The van der Waals surface area contributed by atoms with Crippen molar-refractivity contribution in [1.82, 2.24) is 9.47 Å². The second-order valence-corrected chi connectivity index (χ2v) is 8.81. The Bertz CT molecular complexity index is 1070. The van der Waals surface area contributed by atoms with Gasteiger partial charge >= 0.3 is 0 Å². The van der Waals surface area contributed by atoms with Crippen LogP contribution in [0.2, 0.25) is 0 Å². The van der Waals surface area contributed by atoms with Gasteiger partial charge in [-0.25, -0.2) is 8.42 Å². The molecule has 2 aromatic carbocycles. The Hall–Kier alpha value is -2.60. The molecular weight excluding hydrogens is 360 g/mol. The zero-order valence-electron chi connectivity index (χ0n) is 15.0. The van der Waals surface area contributed by atoms with Crippen LogP contribution in [0.25, 0.3) is 10.9 Å².